The summed E-state index contributed by atoms with van der Waals surface area (Å²) in [6.45, 7) is 8.54. The Labute approximate surface area is 173 Å². The van der Waals surface area contributed by atoms with E-state index in [2.05, 4.69) is 56.6 Å². The van der Waals surface area contributed by atoms with Crippen molar-refractivity contribution in [2.45, 2.75) is 39.8 Å². The number of aryl methyl sites for hydroxylation is 1. The molecule has 0 spiro atoms. The van der Waals surface area contributed by atoms with Crippen LogP contribution in [0.1, 0.15) is 26.3 Å². The maximum atomic E-state index is 6.12. The van der Waals surface area contributed by atoms with Crippen LogP contribution in [0.25, 0.3) is 0 Å². The predicted octanol–water partition coefficient (Wildman–Crippen LogP) is 3.10. The average Bonchev–Trinajstić information content (AvgIpc) is 2.75. The normalized spacial score (nSPS) is 14.8. The summed E-state index contributed by atoms with van der Waals surface area (Å²) in [5.41, 5.74) is 15.3. The largest absolute Gasteiger partial charge is 0.401 e. The van der Waals surface area contributed by atoms with E-state index in [1.807, 2.05) is 45.0 Å². The van der Waals surface area contributed by atoms with Gasteiger partial charge in [-0.2, -0.15) is 5.10 Å². The first-order valence-corrected chi connectivity index (χ1v) is 9.67. The lowest BCUT2D eigenvalue weighted by Gasteiger charge is -2.31. The van der Waals surface area contributed by atoms with Crippen LogP contribution in [0.5, 0.6) is 0 Å². The summed E-state index contributed by atoms with van der Waals surface area (Å²) in [5, 5.41) is 11.6. The van der Waals surface area contributed by atoms with Gasteiger partial charge in [-0.15, -0.1) is 5.10 Å². The molecule has 0 saturated heterocycles. The molecule has 0 radical (unpaired) electrons. The van der Waals surface area contributed by atoms with Gasteiger partial charge in [0.05, 0.1) is 11.8 Å². The number of rotatable bonds is 9. The lowest BCUT2D eigenvalue weighted by Crippen LogP contribution is -2.49. The smallest absolute Gasteiger partial charge is 0.132 e. The van der Waals surface area contributed by atoms with Gasteiger partial charge in [0.25, 0.3) is 0 Å². The van der Waals surface area contributed by atoms with Crippen molar-refractivity contribution in [2.75, 3.05) is 11.4 Å². The van der Waals surface area contributed by atoms with Crippen LogP contribution in [0, 0.1) is 6.92 Å². The van der Waals surface area contributed by atoms with Crippen LogP contribution in [0.15, 0.2) is 70.6 Å². The average molecular weight is 394 g/mol. The predicted molar refractivity (Wildman–Crippen MR) is 123 cm³/mol. The summed E-state index contributed by atoms with van der Waals surface area (Å²) >= 11 is 0. The zero-order valence-corrected chi connectivity index (χ0v) is 17.6. The molecule has 1 aromatic heterocycles. The van der Waals surface area contributed by atoms with Gasteiger partial charge in [-0.25, -0.2) is 4.98 Å². The number of anilines is 2. The molecule has 1 heterocycles. The van der Waals surface area contributed by atoms with Crippen LogP contribution in [0.3, 0.4) is 0 Å². The summed E-state index contributed by atoms with van der Waals surface area (Å²) in [6.07, 6.45) is 4.87. The van der Waals surface area contributed by atoms with Gasteiger partial charge < -0.3 is 16.4 Å². The minimum absolute atomic E-state index is 0.0272. The topological polar surface area (TPSA) is 105 Å². The lowest BCUT2D eigenvalue weighted by atomic mass is 10.1. The third-order valence-corrected chi connectivity index (χ3v) is 4.71. The molecule has 154 valence electrons. The zero-order valence-electron chi connectivity index (χ0n) is 17.6. The Kier molecular flexibility index (Phi) is 8.36. The molecule has 2 rings (SSSR count). The van der Waals surface area contributed by atoms with Crippen molar-refractivity contribution in [1.82, 2.24) is 10.3 Å². The number of nitrogens with two attached hydrogens (primary N) is 2. The van der Waals surface area contributed by atoms with E-state index in [1.165, 1.54) is 11.9 Å². The second kappa shape index (κ2) is 11.0. The van der Waals surface area contributed by atoms with Crippen LogP contribution < -0.4 is 21.7 Å². The molecule has 2 unspecified atom stereocenters. The molecule has 0 fully saturated rings. The van der Waals surface area contributed by atoms with Crippen LogP contribution in [-0.2, 0) is 0 Å². The van der Waals surface area contributed by atoms with Crippen LogP contribution in [0.4, 0.5) is 11.5 Å². The van der Waals surface area contributed by atoms with Gasteiger partial charge in [0.1, 0.15) is 12.2 Å². The first-order chi connectivity index (χ1) is 14.0. The van der Waals surface area contributed by atoms with E-state index >= 15 is 0 Å². The number of nitrogens with zero attached hydrogens (tertiary/aromatic N) is 4. The number of allylic oxidation sites excluding steroid dienone is 1. The first-order valence-electron chi connectivity index (χ1n) is 9.67. The maximum Gasteiger partial charge on any atom is 0.132 e. The molecule has 1 aromatic carbocycles. The third kappa shape index (κ3) is 6.43. The van der Waals surface area contributed by atoms with Crippen molar-refractivity contribution < 1.29 is 0 Å². The summed E-state index contributed by atoms with van der Waals surface area (Å²) < 4.78 is 0. The summed E-state index contributed by atoms with van der Waals surface area (Å²) in [5.74, 6) is 0.852. The molecule has 0 amide bonds. The molecule has 7 heteroatoms. The van der Waals surface area contributed by atoms with Gasteiger partial charge in [0.15, 0.2) is 0 Å². The molecule has 2 aromatic rings. The summed E-state index contributed by atoms with van der Waals surface area (Å²) in [7, 11) is 0. The fourth-order valence-electron chi connectivity index (χ4n) is 2.90. The Morgan fingerprint density at radius 3 is 2.55 bits per heavy atom. The fraction of sp³-hybridized carbons (Fsp3) is 0.318. The molecule has 29 heavy (non-hydrogen) atoms. The molecule has 7 nitrogen and oxygen atoms in total. The van der Waals surface area contributed by atoms with E-state index < -0.39 is 0 Å². The van der Waals surface area contributed by atoms with E-state index in [1.54, 1.807) is 6.20 Å². The number of hydrogen-bond donors (Lipinski definition) is 3. The standard InChI is InChI=1S/C22H31N7/c1-5-20(24)17(3)27-21(18(4)28-26-15-23)14-29(22-8-6-7-13-25-22)19-11-9-16(2)10-12-19/h5-13,15,17,21,27H,14,24H2,1-4H3,(H2,23,26)/b20-5+,28-18+. The van der Waals surface area contributed by atoms with Crippen molar-refractivity contribution in [2.24, 2.45) is 21.7 Å². The molecule has 0 aliphatic carbocycles. The van der Waals surface area contributed by atoms with Gasteiger partial charge in [0, 0.05) is 30.2 Å². The SMILES string of the molecule is C/C=C(/N)C(C)NC(CN(c1ccc(C)cc1)c1ccccn1)/C(C)=N/N=C\N. The molecule has 0 bridgehead atoms. The molecular formula is C22H31N7. The maximum absolute atomic E-state index is 6.12. The monoisotopic (exact) mass is 393 g/mol. The highest BCUT2D eigenvalue weighted by molar-refractivity contribution is 5.88. The minimum Gasteiger partial charge on any atom is -0.401 e. The quantitative estimate of drug-likeness (QED) is 0.345. The number of benzene rings is 1. The van der Waals surface area contributed by atoms with Gasteiger partial charge >= 0.3 is 0 Å². The molecule has 0 aliphatic rings. The Bertz CT molecular complexity index is 841. The van der Waals surface area contributed by atoms with Crippen LogP contribution in [-0.4, -0.2) is 35.7 Å². The zero-order chi connectivity index (χ0) is 21.2. The number of nitrogens with one attached hydrogen (secondary N) is 1. The van der Waals surface area contributed by atoms with E-state index in [0.717, 1.165) is 22.9 Å². The summed E-state index contributed by atoms with van der Waals surface area (Å²) in [4.78, 5) is 6.71. The molecular weight excluding hydrogens is 362 g/mol. The first kappa shape index (κ1) is 22.1. The Morgan fingerprint density at radius 2 is 1.97 bits per heavy atom. The molecule has 0 saturated carbocycles. The molecule has 0 aliphatic heterocycles. The van der Waals surface area contributed by atoms with E-state index in [4.69, 9.17) is 11.5 Å². The van der Waals surface area contributed by atoms with Gasteiger partial charge in [-0.05, 0) is 52.0 Å². The van der Waals surface area contributed by atoms with E-state index in [9.17, 15) is 0 Å². The Hall–Kier alpha value is -3.19. The van der Waals surface area contributed by atoms with Crippen molar-refractivity contribution >= 4 is 23.6 Å². The van der Waals surface area contributed by atoms with Crippen molar-refractivity contribution in [3.8, 4) is 0 Å². The highest BCUT2D eigenvalue weighted by atomic mass is 15.2. The van der Waals surface area contributed by atoms with Crippen molar-refractivity contribution in [3.05, 3.63) is 66.0 Å². The third-order valence-electron chi connectivity index (χ3n) is 4.71. The fourth-order valence-corrected chi connectivity index (χ4v) is 2.90. The van der Waals surface area contributed by atoms with Crippen LogP contribution in [0.2, 0.25) is 0 Å². The molecule has 5 N–H and O–H groups in total. The van der Waals surface area contributed by atoms with E-state index in [-0.39, 0.29) is 12.1 Å². The van der Waals surface area contributed by atoms with Crippen molar-refractivity contribution in [1.29, 1.82) is 0 Å². The van der Waals surface area contributed by atoms with Gasteiger partial charge in [-0.3, -0.25) is 5.32 Å². The Balaban J connectivity index is 2.41. The van der Waals surface area contributed by atoms with Gasteiger partial charge in [0.2, 0.25) is 0 Å². The second-order valence-corrected chi connectivity index (χ2v) is 6.87. The minimum atomic E-state index is -0.129. The number of hydrogen-bond acceptors (Lipinski definition) is 6. The number of aromatic nitrogens is 1. The van der Waals surface area contributed by atoms with Crippen molar-refractivity contribution in [3.63, 3.8) is 0 Å². The van der Waals surface area contributed by atoms with E-state index in [0.29, 0.717) is 6.54 Å². The Morgan fingerprint density at radius 1 is 1.24 bits per heavy atom. The summed E-state index contributed by atoms with van der Waals surface area (Å²) in [6, 6.07) is 14.1. The van der Waals surface area contributed by atoms with Gasteiger partial charge in [-0.1, -0.05) is 29.8 Å². The number of pyridine rings is 1. The highest BCUT2D eigenvalue weighted by Gasteiger charge is 2.22. The lowest BCUT2D eigenvalue weighted by molar-refractivity contribution is 0.552. The second-order valence-electron chi connectivity index (χ2n) is 6.87. The highest BCUT2D eigenvalue weighted by Crippen LogP contribution is 2.24. The molecule has 2 atom stereocenters. The van der Waals surface area contributed by atoms with Crippen LogP contribution >= 0.6 is 0 Å².